The van der Waals surface area contributed by atoms with Crippen molar-refractivity contribution in [2.45, 2.75) is 0 Å². The predicted octanol–water partition coefficient (Wildman–Crippen LogP) is -3.02. The van der Waals surface area contributed by atoms with Crippen molar-refractivity contribution in [3.8, 4) is 0 Å². The minimum Gasteiger partial charge on any atom is -0.423 e. The summed E-state index contributed by atoms with van der Waals surface area (Å²) in [6, 6.07) is 0. The molecule has 0 spiro atoms. The largest absolute Gasteiger partial charge is 0.423 e. The highest BCUT2D eigenvalue weighted by Gasteiger charge is 1.97. The Morgan fingerprint density at radius 2 is 1.29 bits per heavy atom. The molecule has 0 aromatic heterocycles. The van der Waals surface area contributed by atoms with Gasteiger partial charge in [0.1, 0.15) is 0 Å². The molecule has 1 aliphatic heterocycles. The molecule has 0 unspecified atom stereocenters. The van der Waals surface area contributed by atoms with Crippen molar-refractivity contribution in [2.24, 2.45) is 0 Å². The molecule has 0 aromatic carbocycles. The van der Waals surface area contributed by atoms with Gasteiger partial charge in [-0.1, -0.05) is 0 Å². The molecule has 1 fully saturated rings. The smallest absolute Gasteiger partial charge is 0.334 e. The van der Waals surface area contributed by atoms with Crippen LogP contribution >= 0.6 is 0 Å². The van der Waals surface area contributed by atoms with E-state index in [9.17, 15) is 0 Å². The van der Waals surface area contributed by atoms with Crippen molar-refractivity contribution in [2.75, 3.05) is 0 Å². The van der Waals surface area contributed by atoms with Crippen LogP contribution in [0.1, 0.15) is 0 Å². The molecule has 0 aliphatic carbocycles. The van der Waals surface area contributed by atoms with E-state index in [-0.39, 0.29) is 0 Å². The second-order valence-electron chi connectivity index (χ2n) is 0.998. The van der Waals surface area contributed by atoms with Gasteiger partial charge in [0.25, 0.3) is 10.0 Å². The third-order valence-corrected chi connectivity index (χ3v) is 4.04. The van der Waals surface area contributed by atoms with E-state index in [1.807, 2.05) is 0 Å². The second-order valence-corrected chi connectivity index (χ2v) is 5.44. The molecule has 0 amide bonds. The molecule has 0 bridgehead atoms. The van der Waals surface area contributed by atoms with E-state index >= 15 is 0 Å². The van der Waals surface area contributed by atoms with E-state index in [1.54, 1.807) is 0 Å². The van der Waals surface area contributed by atoms with Crippen LogP contribution in [0.25, 0.3) is 0 Å². The van der Waals surface area contributed by atoms with Crippen LogP contribution in [0, 0.1) is 0 Å². The molecule has 1 saturated heterocycles. The predicted molar refractivity (Wildman–Crippen MR) is 30.0 cm³/mol. The molecule has 0 radical (unpaired) electrons. The lowest BCUT2D eigenvalue weighted by Gasteiger charge is -1.91. The molecule has 1 heterocycles. The summed E-state index contributed by atoms with van der Waals surface area (Å²) < 4.78 is 19.0. The monoisotopic (exact) mass is 154 g/mol. The van der Waals surface area contributed by atoms with E-state index in [4.69, 9.17) is 8.23 Å². The first-order chi connectivity index (χ1) is 3.50. The van der Waals surface area contributed by atoms with E-state index in [0.717, 1.165) is 0 Å². The fourth-order valence-electron chi connectivity index (χ4n) is 0.263. The Morgan fingerprint density at radius 1 is 0.714 bits per heavy atom. The minimum atomic E-state index is -0.777. The lowest BCUT2D eigenvalue weighted by molar-refractivity contribution is -0.113. The van der Waals surface area contributed by atoms with Crippen molar-refractivity contribution >= 4 is 30.0 Å². The Morgan fingerprint density at radius 3 is 1.86 bits per heavy atom. The Balaban J connectivity index is 2.04. The van der Waals surface area contributed by atoms with Gasteiger partial charge >= 0.3 is 20.0 Å². The molecular formula is H6O4Si3. The summed E-state index contributed by atoms with van der Waals surface area (Å²) in [6.45, 7) is 0. The van der Waals surface area contributed by atoms with Crippen LogP contribution in [0.4, 0.5) is 0 Å². The maximum Gasteiger partial charge on any atom is 0.334 e. The molecule has 1 aliphatic rings. The first kappa shape index (κ1) is 5.62. The standard InChI is InChI=1S/H6O4Si3/c1-2-6-4-7-3-5-1/h5-7H2. The molecule has 1 rings (SSSR count). The first-order valence-electron chi connectivity index (χ1n) is 1.90. The van der Waals surface area contributed by atoms with Crippen LogP contribution in [-0.2, 0) is 17.4 Å². The average Bonchev–Trinajstić information content (AvgIpc) is 1.90. The summed E-state index contributed by atoms with van der Waals surface area (Å²) >= 11 is 0. The summed E-state index contributed by atoms with van der Waals surface area (Å²) in [4.78, 5) is 0. The zero-order valence-corrected chi connectivity index (χ0v) is 8.00. The lowest BCUT2D eigenvalue weighted by Crippen LogP contribution is -2.03. The van der Waals surface area contributed by atoms with Crippen LogP contribution in [0.3, 0.4) is 0 Å². The summed E-state index contributed by atoms with van der Waals surface area (Å²) in [6.07, 6.45) is 0. The third kappa shape index (κ3) is 2.33. The van der Waals surface area contributed by atoms with Crippen molar-refractivity contribution in [1.82, 2.24) is 0 Å². The number of hydrogen-bond acceptors (Lipinski definition) is 4. The maximum atomic E-state index is 4.94. The quantitative estimate of drug-likeness (QED) is 0.275. The van der Waals surface area contributed by atoms with Crippen molar-refractivity contribution < 1.29 is 17.4 Å². The molecule has 7 heavy (non-hydrogen) atoms. The Labute approximate surface area is 48.2 Å². The fraction of sp³-hybridized carbons (Fsp3) is 0. The molecule has 0 aromatic rings. The van der Waals surface area contributed by atoms with Crippen molar-refractivity contribution in [3.63, 3.8) is 0 Å². The van der Waals surface area contributed by atoms with Gasteiger partial charge in [0.05, 0.1) is 0 Å². The number of rotatable bonds is 0. The van der Waals surface area contributed by atoms with Gasteiger partial charge in [0, 0.05) is 0 Å². The normalized spacial score (nSPS) is 34.3. The first-order valence-corrected chi connectivity index (χ1v) is 5.36. The van der Waals surface area contributed by atoms with Gasteiger partial charge in [-0.3, -0.25) is 9.15 Å². The highest BCUT2D eigenvalue weighted by molar-refractivity contribution is 6.42. The summed E-state index contributed by atoms with van der Waals surface area (Å²) in [7, 11) is -2.21. The third-order valence-electron chi connectivity index (χ3n) is 0.513. The molecule has 0 saturated carbocycles. The maximum absolute atomic E-state index is 4.94. The van der Waals surface area contributed by atoms with Crippen molar-refractivity contribution in [3.05, 3.63) is 0 Å². The van der Waals surface area contributed by atoms with E-state index in [0.29, 0.717) is 0 Å². The van der Waals surface area contributed by atoms with Crippen LogP contribution in [0.15, 0.2) is 0 Å². The van der Waals surface area contributed by atoms with E-state index < -0.39 is 30.0 Å². The Kier molecular flexibility index (Phi) is 2.80. The highest BCUT2D eigenvalue weighted by Crippen LogP contribution is 1.81. The van der Waals surface area contributed by atoms with Gasteiger partial charge < -0.3 is 8.23 Å². The fourth-order valence-corrected chi connectivity index (χ4v) is 3.43. The van der Waals surface area contributed by atoms with E-state index in [1.165, 1.54) is 0 Å². The SMILES string of the molecule is O1O[SiH2]O[SiH2]O[SiH2]1. The van der Waals surface area contributed by atoms with Gasteiger partial charge in [0.2, 0.25) is 0 Å². The molecular weight excluding hydrogens is 148 g/mol. The van der Waals surface area contributed by atoms with Crippen LogP contribution in [0.2, 0.25) is 0 Å². The van der Waals surface area contributed by atoms with Gasteiger partial charge in [-0.15, -0.1) is 0 Å². The topological polar surface area (TPSA) is 36.9 Å². The zero-order chi connectivity index (χ0) is 4.95. The molecule has 42 valence electrons. The Bertz CT molecular complexity index is 26.5. The minimum absolute atomic E-state index is 0.653. The van der Waals surface area contributed by atoms with Crippen molar-refractivity contribution in [1.29, 1.82) is 0 Å². The van der Waals surface area contributed by atoms with Gasteiger partial charge in [-0.25, -0.2) is 0 Å². The van der Waals surface area contributed by atoms with Crippen LogP contribution in [-0.4, -0.2) is 30.0 Å². The summed E-state index contributed by atoms with van der Waals surface area (Å²) in [5.41, 5.74) is 0. The second kappa shape index (κ2) is 3.49. The molecule has 7 heteroatoms. The molecule has 0 atom stereocenters. The lowest BCUT2D eigenvalue weighted by atomic mass is 14.9. The van der Waals surface area contributed by atoms with Gasteiger partial charge in [0.15, 0.2) is 0 Å². The van der Waals surface area contributed by atoms with E-state index in [2.05, 4.69) is 9.15 Å². The van der Waals surface area contributed by atoms with Gasteiger partial charge in [-0.2, -0.15) is 0 Å². The van der Waals surface area contributed by atoms with Gasteiger partial charge in [-0.05, 0) is 0 Å². The molecule has 4 nitrogen and oxygen atoms in total. The number of hydrogen-bond donors (Lipinski definition) is 0. The van der Waals surface area contributed by atoms with Crippen LogP contribution < -0.4 is 0 Å². The Hall–Kier alpha value is 0.491. The summed E-state index contributed by atoms with van der Waals surface area (Å²) in [5, 5.41) is 0. The average molecular weight is 154 g/mol. The van der Waals surface area contributed by atoms with Crippen LogP contribution in [0.5, 0.6) is 0 Å². The molecule has 0 N–H and O–H groups in total. The highest BCUT2D eigenvalue weighted by atomic mass is 28.4. The summed E-state index contributed by atoms with van der Waals surface area (Å²) in [5.74, 6) is 0. The zero-order valence-electron chi connectivity index (χ0n) is 3.75.